The van der Waals surface area contributed by atoms with E-state index in [2.05, 4.69) is 43.9 Å². The van der Waals surface area contributed by atoms with E-state index in [-0.39, 0.29) is 0 Å². The fourth-order valence-corrected chi connectivity index (χ4v) is 2.63. The summed E-state index contributed by atoms with van der Waals surface area (Å²) in [5.74, 6) is 9.11. The topological polar surface area (TPSA) is 26.0 Å². The summed E-state index contributed by atoms with van der Waals surface area (Å²) in [6.07, 6.45) is 1.25. The van der Waals surface area contributed by atoms with Crippen molar-refractivity contribution in [3.8, 4) is 11.8 Å². The molecule has 0 heterocycles. The molecule has 1 unspecified atom stereocenters. The van der Waals surface area contributed by atoms with Gasteiger partial charge in [-0.3, -0.25) is 0 Å². The lowest BCUT2D eigenvalue weighted by atomic mass is 10.1. The quantitative estimate of drug-likeness (QED) is 0.808. The molecule has 0 amide bonds. The van der Waals surface area contributed by atoms with Crippen LogP contribution in [0.25, 0.3) is 0 Å². The van der Waals surface area contributed by atoms with E-state index in [1.165, 1.54) is 17.7 Å². The van der Waals surface area contributed by atoms with Crippen molar-refractivity contribution in [3.05, 3.63) is 35.4 Å². The van der Waals surface area contributed by atoms with Crippen LogP contribution in [0.15, 0.2) is 24.3 Å². The van der Waals surface area contributed by atoms with Gasteiger partial charge in [0.2, 0.25) is 0 Å². The van der Waals surface area contributed by atoms with Crippen LogP contribution in [0.4, 0.5) is 0 Å². The smallest absolute Gasteiger partial charge is 0.0555 e. The largest absolute Gasteiger partial charge is 0.320 e. The molecule has 2 heteroatoms. The van der Waals surface area contributed by atoms with Crippen molar-refractivity contribution < 1.29 is 0 Å². The van der Waals surface area contributed by atoms with Crippen LogP contribution in [0.3, 0.4) is 0 Å². The first-order valence-corrected chi connectivity index (χ1v) is 7.28. The van der Waals surface area contributed by atoms with Gasteiger partial charge >= 0.3 is 0 Å². The Hall–Kier alpha value is -0.910. The summed E-state index contributed by atoms with van der Waals surface area (Å²) in [7, 11) is 0. The molecule has 2 N–H and O–H groups in total. The van der Waals surface area contributed by atoms with Crippen LogP contribution in [-0.2, 0) is 5.75 Å². The highest BCUT2D eigenvalue weighted by molar-refractivity contribution is 7.98. The molecule has 0 fully saturated rings. The second-order valence-electron chi connectivity index (χ2n) is 4.19. The molecule has 1 nitrogen and oxygen atoms in total. The van der Waals surface area contributed by atoms with Gasteiger partial charge in [-0.2, -0.15) is 11.8 Å². The maximum absolute atomic E-state index is 5.41. The normalized spacial score (nSPS) is 11.7. The lowest BCUT2D eigenvalue weighted by Gasteiger charge is -2.08. The summed E-state index contributed by atoms with van der Waals surface area (Å²) in [6.45, 7) is 4.97. The van der Waals surface area contributed by atoms with E-state index in [1.807, 2.05) is 17.8 Å². The van der Waals surface area contributed by atoms with Crippen molar-refractivity contribution in [3.63, 3.8) is 0 Å². The van der Waals surface area contributed by atoms with Gasteiger partial charge in [0, 0.05) is 11.3 Å². The summed E-state index contributed by atoms with van der Waals surface area (Å²) >= 11 is 1.99. The molecule has 1 rings (SSSR count). The summed E-state index contributed by atoms with van der Waals surface area (Å²) in [4.78, 5) is 0. The van der Waals surface area contributed by atoms with Crippen molar-refractivity contribution >= 4 is 11.8 Å². The van der Waals surface area contributed by atoms with Crippen molar-refractivity contribution in [2.24, 2.45) is 11.7 Å². The molecule has 0 radical (unpaired) electrons. The van der Waals surface area contributed by atoms with E-state index in [4.69, 9.17) is 5.73 Å². The molecule has 92 valence electrons. The third kappa shape index (κ3) is 5.30. The number of thioether (sulfide) groups is 1. The Bertz CT molecular complexity index is 389. The summed E-state index contributed by atoms with van der Waals surface area (Å²) < 4.78 is 0. The second-order valence-corrected chi connectivity index (χ2v) is 5.22. The average molecular weight is 247 g/mol. The van der Waals surface area contributed by atoms with Gasteiger partial charge in [0.05, 0.1) is 6.54 Å². The van der Waals surface area contributed by atoms with Crippen LogP contribution in [0.2, 0.25) is 0 Å². The monoisotopic (exact) mass is 247 g/mol. The molecule has 0 aliphatic heterocycles. The zero-order chi connectivity index (χ0) is 12.5. The van der Waals surface area contributed by atoms with Gasteiger partial charge in [-0.05, 0) is 23.3 Å². The predicted octanol–water partition coefficient (Wildman–Crippen LogP) is 3.28. The second kappa shape index (κ2) is 8.22. The Morgan fingerprint density at radius 2 is 2.12 bits per heavy atom. The molecule has 0 bridgehead atoms. The number of rotatable bonds is 5. The minimum atomic E-state index is 0.425. The molecule has 1 atom stereocenters. The highest BCUT2D eigenvalue weighted by Gasteiger charge is 2.02. The lowest BCUT2D eigenvalue weighted by Crippen LogP contribution is -1.97. The first kappa shape index (κ1) is 14.2. The summed E-state index contributed by atoms with van der Waals surface area (Å²) in [5, 5.41) is 0. The van der Waals surface area contributed by atoms with Gasteiger partial charge in [0.15, 0.2) is 0 Å². The molecular weight excluding hydrogens is 226 g/mol. The van der Waals surface area contributed by atoms with Crippen molar-refractivity contribution in [1.82, 2.24) is 0 Å². The standard InChI is InChI=1S/C15H21NS/c1-3-13(2)11-17-12-15-8-5-4-7-14(15)9-6-10-16/h4-5,7-8,13H,3,10-12,16H2,1-2H3. The van der Waals surface area contributed by atoms with E-state index in [0.717, 1.165) is 17.2 Å². The molecule has 1 aromatic rings. The van der Waals surface area contributed by atoms with E-state index in [9.17, 15) is 0 Å². The van der Waals surface area contributed by atoms with Crippen LogP contribution in [0.5, 0.6) is 0 Å². The lowest BCUT2D eigenvalue weighted by molar-refractivity contribution is 0.637. The van der Waals surface area contributed by atoms with Gasteiger partial charge in [-0.25, -0.2) is 0 Å². The predicted molar refractivity (Wildman–Crippen MR) is 78.0 cm³/mol. The van der Waals surface area contributed by atoms with Gasteiger partial charge in [-0.1, -0.05) is 50.3 Å². The summed E-state index contributed by atoms with van der Waals surface area (Å²) in [5.41, 5.74) is 7.85. The highest BCUT2D eigenvalue weighted by atomic mass is 32.2. The SMILES string of the molecule is CCC(C)CSCc1ccccc1C#CCN. The fourth-order valence-electron chi connectivity index (χ4n) is 1.40. The van der Waals surface area contributed by atoms with Crippen LogP contribution >= 0.6 is 11.8 Å². The van der Waals surface area contributed by atoms with Crippen molar-refractivity contribution in [1.29, 1.82) is 0 Å². The van der Waals surface area contributed by atoms with Crippen LogP contribution < -0.4 is 5.73 Å². The minimum absolute atomic E-state index is 0.425. The molecular formula is C15H21NS. The Morgan fingerprint density at radius 1 is 1.35 bits per heavy atom. The first-order valence-electron chi connectivity index (χ1n) is 6.12. The van der Waals surface area contributed by atoms with Crippen molar-refractivity contribution in [2.45, 2.75) is 26.0 Å². The fraction of sp³-hybridized carbons (Fsp3) is 0.467. The van der Waals surface area contributed by atoms with E-state index < -0.39 is 0 Å². The van der Waals surface area contributed by atoms with Gasteiger partial charge in [0.1, 0.15) is 0 Å². The zero-order valence-electron chi connectivity index (χ0n) is 10.7. The maximum atomic E-state index is 5.41. The molecule has 1 aromatic carbocycles. The van der Waals surface area contributed by atoms with Gasteiger partial charge in [-0.15, -0.1) is 0 Å². The zero-order valence-corrected chi connectivity index (χ0v) is 11.5. The number of nitrogens with two attached hydrogens (primary N) is 1. The van der Waals surface area contributed by atoms with Gasteiger partial charge in [0.25, 0.3) is 0 Å². The van der Waals surface area contributed by atoms with E-state index in [1.54, 1.807) is 0 Å². The minimum Gasteiger partial charge on any atom is -0.320 e. The average Bonchev–Trinajstić information content (AvgIpc) is 2.37. The summed E-state index contributed by atoms with van der Waals surface area (Å²) in [6, 6.07) is 8.34. The molecule has 17 heavy (non-hydrogen) atoms. The third-order valence-corrected chi connectivity index (χ3v) is 4.02. The van der Waals surface area contributed by atoms with Gasteiger partial charge < -0.3 is 5.73 Å². The molecule has 0 saturated carbocycles. The Kier molecular flexibility index (Phi) is 6.84. The molecule has 0 saturated heterocycles. The van der Waals surface area contributed by atoms with E-state index in [0.29, 0.717) is 6.54 Å². The Balaban J connectivity index is 2.58. The van der Waals surface area contributed by atoms with E-state index >= 15 is 0 Å². The van der Waals surface area contributed by atoms with Crippen LogP contribution in [0, 0.1) is 17.8 Å². The number of hydrogen-bond acceptors (Lipinski definition) is 2. The van der Waals surface area contributed by atoms with Crippen LogP contribution in [0.1, 0.15) is 31.4 Å². The van der Waals surface area contributed by atoms with Crippen molar-refractivity contribution in [2.75, 3.05) is 12.3 Å². The molecule has 0 spiro atoms. The number of hydrogen-bond donors (Lipinski definition) is 1. The molecule has 0 aliphatic carbocycles. The van der Waals surface area contributed by atoms with Crippen LogP contribution in [-0.4, -0.2) is 12.3 Å². The molecule has 0 aliphatic rings. The molecule has 0 aromatic heterocycles. The highest BCUT2D eigenvalue weighted by Crippen LogP contribution is 2.19. The third-order valence-electron chi connectivity index (χ3n) is 2.70. The first-order chi connectivity index (χ1) is 8.27. The number of benzene rings is 1. The maximum Gasteiger partial charge on any atom is 0.0555 e. The Labute approximate surface area is 109 Å². The Morgan fingerprint density at radius 3 is 2.82 bits per heavy atom.